The summed E-state index contributed by atoms with van der Waals surface area (Å²) in [4.78, 5) is 0. The van der Waals surface area contributed by atoms with Crippen LogP contribution in [-0.2, 0) is 0 Å². The molecule has 0 aromatic heterocycles. The zero-order valence-electron chi connectivity index (χ0n) is 8.98. The monoisotopic (exact) mass is 272 g/mol. The van der Waals surface area contributed by atoms with Crippen LogP contribution < -0.4 is 11.1 Å². The van der Waals surface area contributed by atoms with Crippen molar-refractivity contribution in [2.75, 3.05) is 11.1 Å². The molecule has 0 radical (unpaired) electrons. The standard InChI is InChI=1S/C12H8ClF3N2/c13-6-1-2-10(8(15)3-6)18-11-5-7(14)4-9(16)12(11)17/h1-5,18H,17H2. The van der Waals surface area contributed by atoms with E-state index in [1.165, 1.54) is 12.1 Å². The predicted molar refractivity (Wildman–Crippen MR) is 65.5 cm³/mol. The van der Waals surface area contributed by atoms with Gasteiger partial charge in [-0.2, -0.15) is 0 Å². The van der Waals surface area contributed by atoms with Crippen molar-refractivity contribution in [2.24, 2.45) is 0 Å². The van der Waals surface area contributed by atoms with E-state index in [2.05, 4.69) is 5.32 Å². The fourth-order valence-electron chi connectivity index (χ4n) is 1.42. The molecule has 18 heavy (non-hydrogen) atoms. The maximum absolute atomic E-state index is 13.5. The lowest BCUT2D eigenvalue weighted by molar-refractivity contribution is 0.587. The highest BCUT2D eigenvalue weighted by molar-refractivity contribution is 6.30. The van der Waals surface area contributed by atoms with Gasteiger partial charge in [-0.3, -0.25) is 0 Å². The number of halogens is 4. The van der Waals surface area contributed by atoms with Crippen molar-refractivity contribution in [1.29, 1.82) is 0 Å². The van der Waals surface area contributed by atoms with E-state index in [1.54, 1.807) is 0 Å². The van der Waals surface area contributed by atoms with Gasteiger partial charge in [0.1, 0.15) is 11.6 Å². The van der Waals surface area contributed by atoms with Gasteiger partial charge in [0.25, 0.3) is 0 Å². The third-order valence-corrected chi connectivity index (χ3v) is 2.53. The third kappa shape index (κ3) is 2.51. The van der Waals surface area contributed by atoms with Crippen LogP contribution >= 0.6 is 11.6 Å². The summed E-state index contributed by atoms with van der Waals surface area (Å²) in [6.45, 7) is 0. The molecular weight excluding hydrogens is 265 g/mol. The topological polar surface area (TPSA) is 38.0 Å². The molecule has 0 bridgehead atoms. The lowest BCUT2D eigenvalue weighted by atomic mass is 10.2. The van der Waals surface area contributed by atoms with Gasteiger partial charge in [-0.25, -0.2) is 13.2 Å². The summed E-state index contributed by atoms with van der Waals surface area (Å²) in [6, 6.07) is 5.50. The Morgan fingerprint density at radius 1 is 0.944 bits per heavy atom. The summed E-state index contributed by atoms with van der Waals surface area (Å²) in [5, 5.41) is 2.73. The van der Waals surface area contributed by atoms with Gasteiger partial charge in [0.15, 0.2) is 5.82 Å². The second kappa shape index (κ2) is 4.78. The zero-order valence-corrected chi connectivity index (χ0v) is 9.73. The van der Waals surface area contributed by atoms with E-state index in [0.29, 0.717) is 6.07 Å². The molecule has 6 heteroatoms. The molecule has 0 saturated carbocycles. The highest BCUT2D eigenvalue weighted by Crippen LogP contribution is 2.28. The van der Waals surface area contributed by atoms with Crippen molar-refractivity contribution < 1.29 is 13.2 Å². The molecule has 0 heterocycles. The average molecular weight is 273 g/mol. The highest BCUT2D eigenvalue weighted by atomic mass is 35.5. The first-order valence-electron chi connectivity index (χ1n) is 4.94. The fourth-order valence-corrected chi connectivity index (χ4v) is 1.58. The van der Waals surface area contributed by atoms with Crippen molar-refractivity contribution in [3.63, 3.8) is 0 Å². The number of hydrogen-bond acceptors (Lipinski definition) is 2. The molecule has 0 aliphatic heterocycles. The Kier molecular flexibility index (Phi) is 3.34. The Morgan fingerprint density at radius 2 is 1.67 bits per heavy atom. The Hall–Kier alpha value is -1.88. The van der Waals surface area contributed by atoms with Crippen molar-refractivity contribution in [3.8, 4) is 0 Å². The Balaban J connectivity index is 2.40. The van der Waals surface area contributed by atoms with Gasteiger partial charge in [-0.1, -0.05) is 11.6 Å². The first-order chi connectivity index (χ1) is 8.47. The molecule has 0 amide bonds. The van der Waals surface area contributed by atoms with Crippen LogP contribution in [-0.4, -0.2) is 0 Å². The molecule has 0 saturated heterocycles. The van der Waals surface area contributed by atoms with Crippen LogP contribution in [0.25, 0.3) is 0 Å². The van der Waals surface area contributed by atoms with E-state index in [1.807, 2.05) is 0 Å². The third-order valence-electron chi connectivity index (χ3n) is 2.29. The number of nitrogens with two attached hydrogens (primary N) is 1. The molecule has 2 aromatic rings. The van der Waals surface area contributed by atoms with Crippen LogP contribution in [0.15, 0.2) is 30.3 Å². The summed E-state index contributed by atoms with van der Waals surface area (Å²) >= 11 is 5.59. The van der Waals surface area contributed by atoms with Crippen LogP contribution in [0.2, 0.25) is 5.02 Å². The average Bonchev–Trinajstić information content (AvgIpc) is 2.29. The Morgan fingerprint density at radius 3 is 2.33 bits per heavy atom. The minimum Gasteiger partial charge on any atom is -0.395 e. The number of nitrogens with one attached hydrogen (secondary N) is 1. The Labute approximate surface area is 106 Å². The van der Waals surface area contributed by atoms with Gasteiger partial charge in [-0.15, -0.1) is 0 Å². The SMILES string of the molecule is Nc1c(F)cc(F)cc1Nc1ccc(Cl)cc1F. The second-order valence-electron chi connectivity index (χ2n) is 3.60. The second-order valence-corrected chi connectivity index (χ2v) is 4.03. The molecule has 0 aliphatic rings. The van der Waals surface area contributed by atoms with Gasteiger partial charge >= 0.3 is 0 Å². The maximum atomic E-state index is 13.5. The number of anilines is 3. The van der Waals surface area contributed by atoms with E-state index >= 15 is 0 Å². The zero-order chi connectivity index (χ0) is 13.3. The van der Waals surface area contributed by atoms with Gasteiger partial charge in [0, 0.05) is 11.1 Å². The molecule has 3 N–H and O–H groups in total. The lowest BCUT2D eigenvalue weighted by Crippen LogP contribution is -2.01. The summed E-state index contributed by atoms with van der Waals surface area (Å²) in [5.41, 5.74) is 5.12. The van der Waals surface area contributed by atoms with Gasteiger partial charge < -0.3 is 11.1 Å². The molecule has 0 spiro atoms. The molecule has 0 fully saturated rings. The van der Waals surface area contributed by atoms with Crippen LogP contribution in [0.5, 0.6) is 0 Å². The number of hydrogen-bond donors (Lipinski definition) is 2. The molecule has 0 unspecified atom stereocenters. The summed E-state index contributed by atoms with van der Waals surface area (Å²) in [6.07, 6.45) is 0. The van der Waals surface area contributed by atoms with Crippen LogP contribution in [0, 0.1) is 17.5 Å². The summed E-state index contributed by atoms with van der Waals surface area (Å²) < 4.78 is 39.7. The Bertz CT molecular complexity index is 602. The molecule has 94 valence electrons. The van der Waals surface area contributed by atoms with Crippen molar-refractivity contribution >= 4 is 28.7 Å². The molecule has 2 rings (SSSR count). The minimum atomic E-state index is -0.910. The van der Waals surface area contributed by atoms with Gasteiger partial charge in [0.05, 0.1) is 17.1 Å². The summed E-state index contributed by atoms with van der Waals surface area (Å²) in [5.74, 6) is -2.36. The fraction of sp³-hybridized carbons (Fsp3) is 0. The maximum Gasteiger partial charge on any atom is 0.151 e. The smallest absolute Gasteiger partial charge is 0.151 e. The van der Waals surface area contributed by atoms with Crippen LogP contribution in [0.1, 0.15) is 0 Å². The largest absolute Gasteiger partial charge is 0.395 e. The highest BCUT2D eigenvalue weighted by Gasteiger charge is 2.10. The molecule has 0 atom stereocenters. The first kappa shape index (κ1) is 12.6. The van der Waals surface area contributed by atoms with Crippen molar-refractivity contribution in [3.05, 3.63) is 52.8 Å². The lowest BCUT2D eigenvalue weighted by Gasteiger charge is -2.11. The van der Waals surface area contributed by atoms with E-state index in [9.17, 15) is 13.2 Å². The van der Waals surface area contributed by atoms with Crippen molar-refractivity contribution in [1.82, 2.24) is 0 Å². The molecule has 2 nitrogen and oxygen atoms in total. The molecular formula is C12H8ClF3N2. The first-order valence-corrected chi connectivity index (χ1v) is 5.32. The van der Waals surface area contributed by atoms with E-state index in [4.69, 9.17) is 17.3 Å². The van der Waals surface area contributed by atoms with Crippen molar-refractivity contribution in [2.45, 2.75) is 0 Å². The summed E-state index contributed by atoms with van der Waals surface area (Å²) in [7, 11) is 0. The molecule has 0 aliphatic carbocycles. The quantitative estimate of drug-likeness (QED) is 0.808. The van der Waals surface area contributed by atoms with Gasteiger partial charge in [-0.05, 0) is 24.3 Å². The minimum absolute atomic E-state index is 0.0242. The van der Waals surface area contributed by atoms with E-state index in [0.717, 1.165) is 12.1 Å². The number of rotatable bonds is 2. The predicted octanol–water partition coefficient (Wildman–Crippen LogP) is 4.08. The van der Waals surface area contributed by atoms with E-state index < -0.39 is 17.5 Å². The van der Waals surface area contributed by atoms with E-state index in [-0.39, 0.29) is 22.1 Å². The van der Waals surface area contributed by atoms with Crippen LogP contribution in [0.3, 0.4) is 0 Å². The normalized spacial score (nSPS) is 10.4. The number of benzene rings is 2. The number of nitrogen functional groups attached to an aromatic ring is 1. The molecule has 2 aromatic carbocycles. The van der Waals surface area contributed by atoms with Crippen LogP contribution in [0.4, 0.5) is 30.2 Å². The van der Waals surface area contributed by atoms with Gasteiger partial charge in [0.2, 0.25) is 0 Å².